The molecule has 0 bridgehead atoms. The summed E-state index contributed by atoms with van der Waals surface area (Å²) < 4.78 is 30.8. The number of hydrogen-bond donors (Lipinski definition) is 1. The maximum absolute atomic E-state index is 13.2. The number of carbonyl (C=O) groups is 1. The monoisotopic (exact) mass is 495 g/mol. The molecule has 1 aromatic heterocycles. The molecule has 1 heterocycles. The van der Waals surface area contributed by atoms with E-state index >= 15 is 0 Å². The van der Waals surface area contributed by atoms with E-state index < -0.39 is 17.4 Å². The normalized spacial score (nSPS) is 16.2. The van der Waals surface area contributed by atoms with Crippen molar-refractivity contribution in [1.29, 1.82) is 0 Å². The molecule has 192 valence electrons. The lowest BCUT2D eigenvalue weighted by molar-refractivity contribution is -0.153. The van der Waals surface area contributed by atoms with Gasteiger partial charge in [0.2, 0.25) is 5.60 Å². The van der Waals surface area contributed by atoms with Crippen LogP contribution in [0.5, 0.6) is 11.5 Å². The number of carboxylic acids is 1. The van der Waals surface area contributed by atoms with E-state index in [0.29, 0.717) is 30.4 Å². The Morgan fingerprint density at radius 3 is 2.33 bits per heavy atom. The molecule has 1 fully saturated rings. The van der Waals surface area contributed by atoms with Gasteiger partial charge in [-0.15, -0.1) is 0 Å². The molecule has 4 rings (SSSR count). The molecule has 7 heteroatoms. The summed E-state index contributed by atoms with van der Waals surface area (Å²) in [6.07, 6.45) is 8.18. The van der Waals surface area contributed by atoms with E-state index in [9.17, 15) is 14.3 Å². The van der Waals surface area contributed by atoms with E-state index in [4.69, 9.17) is 18.9 Å². The summed E-state index contributed by atoms with van der Waals surface area (Å²) in [6.45, 7) is 3.94. The second-order valence-electron chi connectivity index (χ2n) is 9.75. The van der Waals surface area contributed by atoms with Crippen molar-refractivity contribution >= 4 is 5.97 Å². The lowest BCUT2D eigenvalue weighted by Gasteiger charge is -2.26. The first-order chi connectivity index (χ1) is 17.3. The van der Waals surface area contributed by atoms with Crippen LogP contribution >= 0.6 is 0 Å². The lowest BCUT2D eigenvalue weighted by Crippen LogP contribution is -2.43. The first-order valence-electron chi connectivity index (χ1n) is 12.7. The predicted molar refractivity (Wildman–Crippen MR) is 134 cm³/mol. The Kier molecular flexibility index (Phi) is 8.28. The highest BCUT2D eigenvalue weighted by molar-refractivity contribution is 5.78. The third kappa shape index (κ3) is 6.65. The molecule has 1 atom stereocenters. The summed E-state index contributed by atoms with van der Waals surface area (Å²) in [5.41, 5.74) is 0.232. The van der Waals surface area contributed by atoms with Crippen LogP contribution in [-0.2, 0) is 17.6 Å². The molecule has 1 N–H and O–H groups in total. The first kappa shape index (κ1) is 25.7. The quantitative estimate of drug-likeness (QED) is 0.317. The van der Waals surface area contributed by atoms with Crippen LogP contribution in [0, 0.1) is 12.7 Å². The van der Waals surface area contributed by atoms with Gasteiger partial charge in [-0.3, -0.25) is 0 Å². The molecular weight excluding hydrogens is 461 g/mol. The van der Waals surface area contributed by atoms with Crippen molar-refractivity contribution in [2.24, 2.45) is 0 Å². The maximum Gasteiger partial charge on any atom is 0.348 e. The van der Waals surface area contributed by atoms with Crippen LogP contribution in [0.25, 0.3) is 0 Å². The molecule has 0 saturated heterocycles. The fraction of sp³-hybridized carbons (Fsp3) is 0.448. The standard InChI is InChI=1S/C29H34FNO5/c1-20-26(31-27(35-20)22-7-5-3-4-6-8-22)17-18-34-24-13-9-21(10-14-24)19-29(2,28(32)33)36-25-15-11-23(30)12-16-25/h9-16,22H,3-8,17-19H2,1-2H3,(H,32,33). The van der Waals surface area contributed by atoms with E-state index in [1.54, 1.807) is 0 Å². The Morgan fingerprint density at radius 1 is 1.06 bits per heavy atom. The van der Waals surface area contributed by atoms with E-state index in [2.05, 4.69) is 0 Å². The molecule has 0 amide bonds. The Hall–Kier alpha value is -3.35. The number of hydrogen-bond acceptors (Lipinski definition) is 5. The van der Waals surface area contributed by atoms with Gasteiger partial charge in [0.05, 0.1) is 12.3 Å². The zero-order chi connectivity index (χ0) is 25.5. The van der Waals surface area contributed by atoms with E-state index in [1.165, 1.54) is 56.9 Å². The number of benzene rings is 2. The minimum atomic E-state index is -1.50. The number of rotatable bonds is 10. The lowest BCUT2D eigenvalue weighted by atomic mass is 9.96. The van der Waals surface area contributed by atoms with Gasteiger partial charge in [0, 0.05) is 18.8 Å². The van der Waals surface area contributed by atoms with Gasteiger partial charge < -0.3 is 19.0 Å². The molecular formula is C29H34FNO5. The number of oxazole rings is 1. The third-order valence-electron chi connectivity index (χ3n) is 6.80. The van der Waals surface area contributed by atoms with Gasteiger partial charge in [-0.05, 0) is 68.7 Å². The van der Waals surface area contributed by atoms with Crippen molar-refractivity contribution in [2.45, 2.75) is 76.7 Å². The molecule has 36 heavy (non-hydrogen) atoms. The van der Waals surface area contributed by atoms with Gasteiger partial charge in [-0.25, -0.2) is 14.2 Å². The first-order valence-corrected chi connectivity index (χ1v) is 12.7. The summed E-state index contributed by atoms with van der Waals surface area (Å²) >= 11 is 0. The fourth-order valence-corrected chi connectivity index (χ4v) is 4.66. The molecule has 6 nitrogen and oxygen atoms in total. The molecule has 1 aliphatic carbocycles. The topological polar surface area (TPSA) is 81.8 Å². The minimum absolute atomic E-state index is 0.141. The van der Waals surface area contributed by atoms with E-state index in [0.717, 1.165) is 35.7 Å². The van der Waals surface area contributed by atoms with Crippen LogP contribution in [0.1, 0.15) is 74.3 Å². The molecule has 3 aromatic rings. The van der Waals surface area contributed by atoms with E-state index in [1.807, 2.05) is 31.2 Å². The highest BCUT2D eigenvalue weighted by atomic mass is 19.1. The molecule has 0 spiro atoms. The van der Waals surface area contributed by atoms with Crippen molar-refractivity contribution < 1.29 is 28.2 Å². The SMILES string of the molecule is Cc1oc(C2CCCCCC2)nc1CCOc1ccc(CC(C)(Oc2ccc(F)cc2)C(=O)O)cc1. The molecule has 1 saturated carbocycles. The Balaban J connectivity index is 1.31. The summed E-state index contributed by atoms with van der Waals surface area (Å²) in [7, 11) is 0. The van der Waals surface area contributed by atoms with Gasteiger partial charge >= 0.3 is 5.97 Å². The molecule has 0 radical (unpaired) electrons. The number of aromatic nitrogens is 1. The van der Waals surface area contributed by atoms with Gasteiger partial charge in [-0.2, -0.15) is 0 Å². The van der Waals surface area contributed by atoms with Crippen molar-refractivity contribution in [3.63, 3.8) is 0 Å². The Bertz CT molecular complexity index is 1130. The van der Waals surface area contributed by atoms with Crippen molar-refractivity contribution in [2.75, 3.05) is 6.61 Å². The van der Waals surface area contributed by atoms with Crippen LogP contribution < -0.4 is 9.47 Å². The van der Waals surface area contributed by atoms with Crippen molar-refractivity contribution in [3.05, 3.63) is 77.3 Å². The summed E-state index contributed by atoms with van der Waals surface area (Å²) in [5, 5.41) is 9.77. The largest absolute Gasteiger partial charge is 0.493 e. The molecule has 1 aliphatic rings. The van der Waals surface area contributed by atoms with Crippen molar-refractivity contribution in [3.8, 4) is 11.5 Å². The van der Waals surface area contributed by atoms with E-state index in [-0.39, 0.29) is 6.42 Å². The Morgan fingerprint density at radius 2 is 1.69 bits per heavy atom. The second kappa shape index (κ2) is 11.6. The number of halogens is 1. The zero-order valence-corrected chi connectivity index (χ0v) is 21.0. The van der Waals surface area contributed by atoms with Crippen LogP contribution in [-0.4, -0.2) is 28.3 Å². The Labute approximate surface area is 211 Å². The molecule has 2 aromatic carbocycles. The highest BCUT2D eigenvalue weighted by Crippen LogP contribution is 2.32. The highest BCUT2D eigenvalue weighted by Gasteiger charge is 2.36. The van der Waals surface area contributed by atoms with Crippen molar-refractivity contribution in [1.82, 2.24) is 4.98 Å². The van der Waals surface area contributed by atoms with Crippen LogP contribution in [0.15, 0.2) is 52.9 Å². The smallest absolute Gasteiger partial charge is 0.348 e. The van der Waals surface area contributed by atoms with Gasteiger partial charge in [0.15, 0.2) is 5.89 Å². The average molecular weight is 496 g/mol. The summed E-state index contributed by atoms with van der Waals surface area (Å²) in [5.74, 6) is 1.65. The van der Waals surface area contributed by atoms with Crippen LogP contribution in [0.4, 0.5) is 4.39 Å². The molecule has 1 unspecified atom stereocenters. The van der Waals surface area contributed by atoms with Gasteiger partial charge in [-0.1, -0.05) is 37.8 Å². The fourth-order valence-electron chi connectivity index (χ4n) is 4.66. The second-order valence-corrected chi connectivity index (χ2v) is 9.75. The number of ether oxygens (including phenoxy) is 2. The average Bonchev–Trinajstić information content (AvgIpc) is 3.04. The summed E-state index contributed by atoms with van der Waals surface area (Å²) in [6, 6.07) is 12.6. The number of carboxylic acid groups (broad SMARTS) is 1. The number of nitrogens with zero attached hydrogens (tertiary/aromatic N) is 1. The maximum atomic E-state index is 13.2. The minimum Gasteiger partial charge on any atom is -0.493 e. The van der Waals surface area contributed by atoms with Gasteiger partial charge in [0.25, 0.3) is 0 Å². The zero-order valence-electron chi connectivity index (χ0n) is 21.0. The predicted octanol–water partition coefficient (Wildman–Crippen LogP) is 6.65. The number of aryl methyl sites for hydroxylation is 1. The van der Waals surface area contributed by atoms with Crippen LogP contribution in [0.3, 0.4) is 0 Å². The number of aliphatic carboxylic acids is 1. The molecule has 0 aliphatic heterocycles. The summed E-state index contributed by atoms with van der Waals surface area (Å²) in [4.78, 5) is 16.7. The van der Waals surface area contributed by atoms with Gasteiger partial charge in [0.1, 0.15) is 23.1 Å². The van der Waals surface area contributed by atoms with Crippen LogP contribution in [0.2, 0.25) is 0 Å². The third-order valence-corrected chi connectivity index (χ3v) is 6.80.